The van der Waals surface area contributed by atoms with Crippen LogP contribution in [0.1, 0.15) is 47.5 Å². The Morgan fingerprint density at radius 1 is 1.31 bits per heavy atom. The van der Waals surface area contributed by atoms with Crippen LogP contribution in [0.25, 0.3) is 0 Å². The Bertz CT molecular complexity index is 290. The quantitative estimate of drug-likeness (QED) is 0.603. The highest BCUT2D eigenvalue weighted by Gasteiger charge is 2.48. The second-order valence-corrected chi connectivity index (χ2v) is 9.43. The third-order valence-corrected chi connectivity index (χ3v) is 5.05. The molecule has 1 N–H and O–H groups in total. The van der Waals surface area contributed by atoms with Gasteiger partial charge in [-0.05, 0) is 37.6 Å². The molecule has 0 aromatic carbocycles. The largest absolute Gasteiger partial charge is 0.418 e. The van der Waals surface area contributed by atoms with Gasteiger partial charge in [-0.25, -0.2) is 0 Å². The van der Waals surface area contributed by atoms with Gasteiger partial charge < -0.3 is 9.53 Å². The maximum Gasteiger partial charge on any atom is 0.167 e. The maximum atomic E-state index is 9.80. The van der Waals surface area contributed by atoms with Crippen LogP contribution in [0.5, 0.6) is 0 Å². The van der Waals surface area contributed by atoms with E-state index in [0.717, 1.165) is 0 Å². The van der Waals surface area contributed by atoms with E-state index in [-0.39, 0.29) is 5.60 Å². The number of hydrogen-bond donors (Lipinski definition) is 1. The van der Waals surface area contributed by atoms with Crippen LogP contribution in [0.2, 0.25) is 5.04 Å². The molecule has 0 spiro atoms. The van der Waals surface area contributed by atoms with Crippen molar-refractivity contribution in [2.24, 2.45) is 5.92 Å². The van der Waals surface area contributed by atoms with Gasteiger partial charge in [-0.2, -0.15) is 0 Å². The summed E-state index contributed by atoms with van der Waals surface area (Å²) in [6.07, 6.45) is 6.64. The summed E-state index contributed by atoms with van der Waals surface area (Å²) in [5.41, 5.74) is -1.00. The van der Waals surface area contributed by atoms with Crippen molar-refractivity contribution >= 4 is 9.76 Å². The number of aliphatic hydroxyl groups is 1. The molecule has 0 amide bonds. The van der Waals surface area contributed by atoms with Gasteiger partial charge in [0.15, 0.2) is 9.76 Å². The summed E-state index contributed by atoms with van der Waals surface area (Å²) in [4.78, 5) is 0. The fraction of sp³-hybridized carbons (Fsp3) is 0.846. The molecule has 0 bridgehead atoms. The highest BCUT2D eigenvalue weighted by molar-refractivity contribution is 6.31. The molecule has 0 aliphatic heterocycles. The van der Waals surface area contributed by atoms with Gasteiger partial charge in [0.25, 0.3) is 0 Å². The molecule has 1 aliphatic carbocycles. The summed E-state index contributed by atoms with van der Waals surface area (Å²) in [7, 11) is -0.548. The Kier molecular flexibility index (Phi) is 3.59. The van der Waals surface area contributed by atoms with Gasteiger partial charge in [-0.15, -0.1) is 6.42 Å². The Hall–Kier alpha value is -0.303. The average molecular weight is 240 g/mol. The van der Waals surface area contributed by atoms with E-state index in [1.807, 2.05) is 0 Å². The van der Waals surface area contributed by atoms with E-state index in [1.165, 1.54) is 0 Å². The molecule has 0 heterocycles. The average Bonchev–Trinajstić information content (AvgIpc) is 2.09. The molecular formula is C13H24O2Si. The third-order valence-electron chi connectivity index (χ3n) is 3.30. The fourth-order valence-electron chi connectivity index (χ4n) is 1.89. The van der Waals surface area contributed by atoms with Crippen LogP contribution >= 0.6 is 0 Å². The van der Waals surface area contributed by atoms with Gasteiger partial charge in [0.2, 0.25) is 0 Å². The lowest BCUT2D eigenvalue weighted by atomic mass is 9.65. The first-order valence-corrected chi connectivity index (χ1v) is 7.21. The number of hydrogen-bond acceptors (Lipinski definition) is 2. The lowest BCUT2D eigenvalue weighted by Crippen LogP contribution is -2.52. The Labute approximate surface area is 102 Å². The van der Waals surface area contributed by atoms with Crippen molar-refractivity contribution < 1.29 is 9.53 Å². The predicted molar refractivity (Wildman–Crippen MR) is 69.9 cm³/mol. The summed E-state index contributed by atoms with van der Waals surface area (Å²) in [5, 5.41) is 10.1. The minimum Gasteiger partial charge on any atom is -0.418 e. The van der Waals surface area contributed by atoms with Crippen LogP contribution in [-0.2, 0) is 4.43 Å². The molecule has 3 heteroatoms. The summed E-state index contributed by atoms with van der Waals surface area (Å²) in [6.45, 7) is 10.9. The van der Waals surface area contributed by atoms with Crippen molar-refractivity contribution in [3.63, 3.8) is 0 Å². The van der Waals surface area contributed by atoms with E-state index in [1.54, 1.807) is 0 Å². The molecule has 0 saturated heterocycles. The minimum absolute atomic E-state index is 0.136. The predicted octanol–water partition coefficient (Wildman–Crippen LogP) is 1.86. The van der Waals surface area contributed by atoms with Crippen LogP contribution in [0.3, 0.4) is 0 Å². The Morgan fingerprint density at radius 3 is 2.19 bits per heavy atom. The van der Waals surface area contributed by atoms with Crippen molar-refractivity contribution in [1.29, 1.82) is 0 Å². The minimum atomic E-state index is -0.866. The van der Waals surface area contributed by atoms with E-state index in [0.29, 0.717) is 23.8 Å². The molecule has 2 nitrogen and oxygen atoms in total. The zero-order valence-electron chi connectivity index (χ0n) is 11.1. The molecule has 1 saturated carbocycles. The molecule has 0 atom stereocenters. The van der Waals surface area contributed by atoms with Crippen LogP contribution in [0.4, 0.5) is 0 Å². The second-order valence-electron chi connectivity index (χ2n) is 6.73. The van der Waals surface area contributed by atoms with Crippen molar-refractivity contribution in [3.05, 3.63) is 0 Å². The van der Waals surface area contributed by atoms with Gasteiger partial charge >= 0.3 is 0 Å². The van der Waals surface area contributed by atoms with E-state index in [9.17, 15) is 5.11 Å². The van der Waals surface area contributed by atoms with E-state index in [2.05, 4.69) is 40.5 Å². The second kappa shape index (κ2) is 4.18. The smallest absolute Gasteiger partial charge is 0.167 e. The zero-order valence-corrected chi connectivity index (χ0v) is 12.5. The molecule has 0 aromatic rings. The molecule has 0 aromatic heterocycles. The van der Waals surface area contributed by atoms with Gasteiger partial charge in [0, 0.05) is 0 Å². The van der Waals surface area contributed by atoms with Crippen LogP contribution in [0.15, 0.2) is 0 Å². The van der Waals surface area contributed by atoms with E-state index < -0.39 is 15.4 Å². The third kappa shape index (κ3) is 3.34. The SMILES string of the molecule is C#CC1(O)CC(C(C)(C)O[SiH2]C(C)(C)C)C1. The van der Waals surface area contributed by atoms with Gasteiger partial charge in [0.05, 0.1) is 5.60 Å². The van der Waals surface area contributed by atoms with Crippen molar-refractivity contribution in [3.8, 4) is 12.3 Å². The molecule has 92 valence electrons. The Morgan fingerprint density at radius 2 is 1.81 bits per heavy atom. The lowest BCUT2D eigenvalue weighted by molar-refractivity contribution is -0.0983. The van der Waals surface area contributed by atoms with E-state index in [4.69, 9.17) is 10.8 Å². The van der Waals surface area contributed by atoms with Gasteiger partial charge in [-0.3, -0.25) is 0 Å². The summed E-state index contributed by atoms with van der Waals surface area (Å²) < 4.78 is 6.09. The Balaban J connectivity index is 2.46. The van der Waals surface area contributed by atoms with Crippen molar-refractivity contribution in [1.82, 2.24) is 0 Å². The van der Waals surface area contributed by atoms with Crippen LogP contribution in [-0.4, -0.2) is 26.1 Å². The standard InChI is InChI=1S/C13H24O2Si/c1-7-13(14)8-10(9-13)12(5,6)15-16-11(2,3)4/h1,10,14H,8-9,16H2,2-6H3. The summed E-state index contributed by atoms with van der Waals surface area (Å²) in [6, 6.07) is 0. The summed E-state index contributed by atoms with van der Waals surface area (Å²) in [5.74, 6) is 2.86. The first kappa shape index (κ1) is 13.8. The highest BCUT2D eigenvalue weighted by Crippen LogP contribution is 2.45. The first-order valence-electron chi connectivity index (χ1n) is 5.92. The molecule has 1 fully saturated rings. The van der Waals surface area contributed by atoms with Crippen LogP contribution in [0, 0.1) is 18.3 Å². The molecule has 0 unspecified atom stereocenters. The molecule has 16 heavy (non-hydrogen) atoms. The topological polar surface area (TPSA) is 29.5 Å². The zero-order chi connectivity index (χ0) is 12.6. The highest BCUT2D eigenvalue weighted by atomic mass is 28.2. The van der Waals surface area contributed by atoms with E-state index >= 15 is 0 Å². The van der Waals surface area contributed by atoms with Gasteiger partial charge in [0.1, 0.15) is 5.60 Å². The lowest BCUT2D eigenvalue weighted by Gasteiger charge is -2.48. The molecule has 0 radical (unpaired) electrons. The normalized spacial score (nSPS) is 31.4. The van der Waals surface area contributed by atoms with Crippen molar-refractivity contribution in [2.45, 2.75) is 63.7 Å². The fourth-order valence-corrected chi connectivity index (χ4v) is 2.93. The first-order chi connectivity index (χ1) is 7.08. The van der Waals surface area contributed by atoms with Crippen molar-refractivity contribution in [2.75, 3.05) is 0 Å². The molecular weight excluding hydrogens is 216 g/mol. The molecule has 1 aliphatic rings. The number of terminal acetylenes is 1. The molecule has 1 rings (SSSR count). The van der Waals surface area contributed by atoms with Gasteiger partial charge in [-0.1, -0.05) is 26.7 Å². The van der Waals surface area contributed by atoms with Crippen LogP contribution < -0.4 is 0 Å². The monoisotopic (exact) mass is 240 g/mol. The summed E-state index contributed by atoms with van der Waals surface area (Å²) >= 11 is 0. The number of rotatable bonds is 3. The maximum absolute atomic E-state index is 9.80.